The number of aliphatic hydroxyl groups excluding tert-OH is 1. The summed E-state index contributed by atoms with van der Waals surface area (Å²) in [6.07, 6.45) is 3.24. The average Bonchev–Trinajstić information content (AvgIpc) is 2.78. The number of hydrogen-bond donors (Lipinski definition) is 2. The van der Waals surface area contributed by atoms with Gasteiger partial charge in [0.25, 0.3) is 15.9 Å². The summed E-state index contributed by atoms with van der Waals surface area (Å²) in [5, 5.41) is 14.1. The van der Waals surface area contributed by atoms with Crippen molar-refractivity contribution in [3.63, 3.8) is 0 Å². The van der Waals surface area contributed by atoms with Gasteiger partial charge in [0.1, 0.15) is 22.0 Å². The number of anilines is 1. The lowest BCUT2D eigenvalue weighted by Gasteiger charge is -2.44. The van der Waals surface area contributed by atoms with Gasteiger partial charge in [-0.25, -0.2) is 4.39 Å². The van der Waals surface area contributed by atoms with Crippen molar-refractivity contribution in [1.29, 1.82) is 0 Å². The standard InChI is InChI=1S/C23H21FIN3O4S/c24-14-7-5-13(6-8-14)12-28-18-4-2-1-3-16(18)21(29)20(23(28)30)22-26-17-10-9-15(25)11-19(17)33(31,32)27-22/h5-11,16,18,29H,1-4,12H2,(H,26,27). The monoisotopic (exact) mass is 581 g/mol. The molecule has 5 rings (SSSR count). The van der Waals surface area contributed by atoms with Crippen LogP contribution in [0.2, 0.25) is 0 Å². The summed E-state index contributed by atoms with van der Waals surface area (Å²) in [5.74, 6) is -1.45. The number of nitrogens with one attached hydrogen (secondary N) is 1. The molecule has 0 spiro atoms. The predicted molar refractivity (Wildman–Crippen MR) is 130 cm³/mol. The molecule has 172 valence electrons. The van der Waals surface area contributed by atoms with Gasteiger partial charge >= 0.3 is 0 Å². The zero-order valence-electron chi connectivity index (χ0n) is 17.5. The third-order valence-electron chi connectivity index (χ3n) is 6.40. The zero-order valence-corrected chi connectivity index (χ0v) is 20.4. The number of amidine groups is 1. The molecule has 7 nitrogen and oxygen atoms in total. The van der Waals surface area contributed by atoms with Gasteiger partial charge in [-0.05, 0) is 71.3 Å². The summed E-state index contributed by atoms with van der Waals surface area (Å²) < 4.78 is 43.8. The second-order valence-corrected chi connectivity index (χ2v) is 11.3. The Kier molecular flexibility index (Phi) is 5.68. The average molecular weight is 581 g/mol. The maximum atomic E-state index is 13.7. The Morgan fingerprint density at radius 3 is 2.64 bits per heavy atom. The van der Waals surface area contributed by atoms with Crippen molar-refractivity contribution in [2.24, 2.45) is 10.3 Å². The van der Waals surface area contributed by atoms with Crippen molar-refractivity contribution < 1.29 is 22.7 Å². The molecule has 2 aromatic rings. The molecule has 2 aliphatic heterocycles. The molecule has 2 atom stereocenters. The summed E-state index contributed by atoms with van der Waals surface area (Å²) in [6.45, 7) is 0.228. The molecule has 1 amide bonds. The maximum Gasteiger partial charge on any atom is 0.286 e. The molecule has 0 saturated heterocycles. The first kappa shape index (κ1) is 22.3. The van der Waals surface area contributed by atoms with E-state index < -0.39 is 15.9 Å². The van der Waals surface area contributed by atoms with E-state index in [2.05, 4.69) is 9.71 Å². The highest BCUT2D eigenvalue weighted by Gasteiger charge is 2.45. The van der Waals surface area contributed by atoms with Crippen molar-refractivity contribution in [1.82, 2.24) is 4.90 Å². The lowest BCUT2D eigenvalue weighted by molar-refractivity contribution is -0.133. The molecular formula is C23H21FIN3O4S. The van der Waals surface area contributed by atoms with Crippen LogP contribution in [-0.4, -0.2) is 36.2 Å². The minimum atomic E-state index is -4.06. The van der Waals surface area contributed by atoms with Gasteiger partial charge < -0.3 is 15.3 Å². The van der Waals surface area contributed by atoms with Gasteiger partial charge in [-0.3, -0.25) is 4.79 Å². The quantitative estimate of drug-likeness (QED) is 0.526. The number of carbonyl (C=O) groups is 1. The molecule has 1 saturated carbocycles. The smallest absolute Gasteiger partial charge is 0.286 e. The first-order valence-electron chi connectivity index (χ1n) is 10.6. The number of sulfonamides is 1. The van der Waals surface area contributed by atoms with Crippen molar-refractivity contribution in [2.75, 3.05) is 5.32 Å². The maximum absolute atomic E-state index is 13.7. The van der Waals surface area contributed by atoms with Crippen molar-refractivity contribution >= 4 is 50.0 Å². The Morgan fingerprint density at radius 2 is 1.88 bits per heavy atom. The number of nitrogens with zero attached hydrogens (tertiary/aromatic N) is 2. The van der Waals surface area contributed by atoms with Crippen LogP contribution in [0.5, 0.6) is 0 Å². The Labute approximate surface area is 204 Å². The number of rotatable bonds is 3. The number of aliphatic hydroxyl groups is 1. The van der Waals surface area contributed by atoms with Crippen LogP contribution in [0.25, 0.3) is 0 Å². The van der Waals surface area contributed by atoms with Crippen LogP contribution < -0.4 is 5.32 Å². The second-order valence-electron chi connectivity index (χ2n) is 8.46. The fraction of sp³-hybridized carbons (Fsp3) is 0.304. The summed E-state index contributed by atoms with van der Waals surface area (Å²) >= 11 is 2.02. The van der Waals surface area contributed by atoms with Gasteiger partial charge in [0.2, 0.25) is 0 Å². The summed E-state index contributed by atoms with van der Waals surface area (Å²) in [4.78, 5) is 15.3. The van der Waals surface area contributed by atoms with E-state index in [1.165, 1.54) is 18.2 Å². The van der Waals surface area contributed by atoms with Crippen molar-refractivity contribution in [3.8, 4) is 0 Å². The summed E-state index contributed by atoms with van der Waals surface area (Å²) in [5.41, 5.74) is 0.943. The first-order chi connectivity index (χ1) is 15.7. The van der Waals surface area contributed by atoms with Gasteiger partial charge in [0.05, 0.1) is 5.69 Å². The molecule has 0 bridgehead atoms. The van der Waals surface area contributed by atoms with Crippen LogP contribution in [0, 0.1) is 15.3 Å². The molecule has 0 aromatic heterocycles. The molecular weight excluding hydrogens is 560 g/mol. The Balaban J connectivity index is 1.58. The largest absolute Gasteiger partial charge is 0.511 e. The Bertz CT molecular complexity index is 1310. The molecule has 10 heteroatoms. The number of hydrogen-bond acceptors (Lipinski definition) is 5. The van der Waals surface area contributed by atoms with E-state index in [0.717, 1.165) is 28.4 Å². The number of amides is 1. The highest BCUT2D eigenvalue weighted by atomic mass is 127. The van der Waals surface area contributed by atoms with E-state index >= 15 is 0 Å². The fourth-order valence-corrected chi connectivity index (χ4v) is 6.68. The van der Waals surface area contributed by atoms with Crippen LogP contribution >= 0.6 is 22.6 Å². The summed E-state index contributed by atoms with van der Waals surface area (Å²) in [6, 6.07) is 10.6. The van der Waals surface area contributed by atoms with Gasteiger partial charge in [0.15, 0.2) is 5.84 Å². The lowest BCUT2D eigenvalue weighted by atomic mass is 9.78. The van der Waals surface area contributed by atoms with Gasteiger partial charge in [0, 0.05) is 22.1 Å². The van der Waals surface area contributed by atoms with Gasteiger partial charge in [-0.15, -0.1) is 4.40 Å². The van der Waals surface area contributed by atoms with Crippen LogP contribution in [0.1, 0.15) is 31.2 Å². The molecule has 2 heterocycles. The summed E-state index contributed by atoms with van der Waals surface area (Å²) in [7, 11) is -4.06. The number of carbonyl (C=O) groups excluding carboxylic acids is 1. The van der Waals surface area contributed by atoms with Gasteiger partial charge in [-0.2, -0.15) is 8.42 Å². The minimum Gasteiger partial charge on any atom is -0.511 e. The van der Waals surface area contributed by atoms with Crippen LogP contribution in [0.4, 0.5) is 10.1 Å². The number of fused-ring (bicyclic) bond motifs is 2. The molecule has 1 aliphatic carbocycles. The van der Waals surface area contributed by atoms with E-state index in [0.29, 0.717) is 12.1 Å². The first-order valence-corrected chi connectivity index (χ1v) is 13.2. The molecule has 0 radical (unpaired) electrons. The molecule has 3 aliphatic rings. The Hall–Kier alpha value is -2.47. The van der Waals surface area contributed by atoms with E-state index in [1.807, 2.05) is 22.6 Å². The fourth-order valence-electron chi connectivity index (χ4n) is 4.83. The second kappa shape index (κ2) is 8.39. The molecule has 2 N–H and O–H groups in total. The molecule has 2 unspecified atom stereocenters. The van der Waals surface area contributed by atoms with E-state index in [4.69, 9.17) is 0 Å². The topological polar surface area (TPSA) is 99.1 Å². The van der Waals surface area contributed by atoms with E-state index in [1.54, 1.807) is 29.2 Å². The highest BCUT2D eigenvalue weighted by molar-refractivity contribution is 14.1. The molecule has 1 fully saturated rings. The number of halogens is 2. The molecule has 33 heavy (non-hydrogen) atoms. The highest BCUT2D eigenvalue weighted by Crippen LogP contribution is 2.40. The number of benzene rings is 2. The third kappa shape index (κ3) is 4.03. The van der Waals surface area contributed by atoms with Crippen molar-refractivity contribution in [3.05, 3.63) is 68.7 Å². The zero-order chi connectivity index (χ0) is 23.3. The lowest BCUT2D eigenvalue weighted by Crippen LogP contribution is -2.52. The van der Waals surface area contributed by atoms with Crippen LogP contribution in [0.3, 0.4) is 0 Å². The van der Waals surface area contributed by atoms with Gasteiger partial charge in [-0.1, -0.05) is 25.0 Å². The molecule has 2 aromatic carbocycles. The normalized spacial score (nSPS) is 24.0. The van der Waals surface area contributed by atoms with E-state index in [-0.39, 0.29) is 46.4 Å². The van der Waals surface area contributed by atoms with E-state index in [9.17, 15) is 22.7 Å². The SMILES string of the molecule is O=C1C(C2=NS(=O)(=O)c3cc(I)ccc3N2)=C(O)C2CCCCC2N1Cc1ccc(F)cc1. The predicted octanol–water partition coefficient (Wildman–Crippen LogP) is 4.36. The third-order valence-corrected chi connectivity index (χ3v) is 8.39. The van der Waals surface area contributed by atoms with Crippen molar-refractivity contribution in [2.45, 2.75) is 43.2 Å². The van der Waals surface area contributed by atoms with Crippen LogP contribution in [0.15, 0.2) is 63.1 Å². The minimum absolute atomic E-state index is 0.0280. The Morgan fingerprint density at radius 1 is 1.15 bits per heavy atom. The van der Waals surface area contributed by atoms with Crippen LogP contribution in [-0.2, 0) is 21.4 Å².